The summed E-state index contributed by atoms with van der Waals surface area (Å²) in [6, 6.07) is 5.90. The third-order valence-electron chi connectivity index (χ3n) is 1.65. The molecule has 1 nitrogen and oxygen atoms in total. The summed E-state index contributed by atoms with van der Waals surface area (Å²) in [6.07, 6.45) is 0.292. The molecule has 11 heavy (non-hydrogen) atoms. The zero-order valence-corrected chi connectivity index (χ0v) is 8.02. The van der Waals surface area contributed by atoms with E-state index < -0.39 is 0 Å². The molecule has 1 heterocycles. The van der Waals surface area contributed by atoms with Gasteiger partial charge < -0.3 is 4.74 Å². The molecule has 1 unspecified atom stereocenters. The Bertz CT molecular complexity index is 283. The average molecular weight is 233 g/mol. The molecule has 3 heteroatoms. The molecule has 0 spiro atoms. The Morgan fingerprint density at radius 3 is 2.82 bits per heavy atom. The van der Waals surface area contributed by atoms with Crippen molar-refractivity contribution in [1.29, 1.82) is 0 Å². The molecule has 1 aromatic rings. The number of hydrogen-bond acceptors (Lipinski definition) is 1. The van der Waals surface area contributed by atoms with E-state index in [0.717, 1.165) is 16.1 Å². The summed E-state index contributed by atoms with van der Waals surface area (Å²) in [5.74, 6) is 0. The minimum Gasteiger partial charge on any atom is -0.368 e. The Hall–Kier alpha value is -0.0500. The Labute approximate surface area is 78.4 Å². The highest BCUT2D eigenvalue weighted by Gasteiger charge is 2.24. The predicted molar refractivity (Wildman–Crippen MR) is 47.8 cm³/mol. The van der Waals surface area contributed by atoms with E-state index in [4.69, 9.17) is 16.3 Å². The summed E-state index contributed by atoms with van der Waals surface area (Å²) < 4.78 is 6.05. The Balaban J connectivity index is 2.36. The fraction of sp³-hybridized carbons (Fsp3) is 0.250. The fourth-order valence-corrected chi connectivity index (χ4v) is 1.39. The van der Waals surface area contributed by atoms with E-state index in [1.807, 2.05) is 18.2 Å². The lowest BCUT2D eigenvalue weighted by atomic mass is 10.2. The van der Waals surface area contributed by atoms with E-state index >= 15 is 0 Å². The first-order valence-corrected chi connectivity index (χ1v) is 4.51. The maximum Gasteiger partial charge on any atom is 0.106 e. The van der Waals surface area contributed by atoms with E-state index in [-0.39, 0.29) is 0 Å². The van der Waals surface area contributed by atoms with Gasteiger partial charge in [0, 0.05) is 4.47 Å². The van der Waals surface area contributed by atoms with Crippen LogP contribution in [0.15, 0.2) is 22.7 Å². The highest BCUT2D eigenvalue weighted by atomic mass is 79.9. The predicted octanol–water partition coefficient (Wildman–Crippen LogP) is 3.17. The number of halogens is 2. The van der Waals surface area contributed by atoms with Crippen molar-refractivity contribution in [2.24, 2.45) is 0 Å². The molecule has 1 aliphatic rings. The molecular formula is C8H6BrClO. The summed E-state index contributed by atoms with van der Waals surface area (Å²) in [5, 5.41) is 0.748. The molecule has 1 aliphatic heterocycles. The second-order valence-electron chi connectivity index (χ2n) is 2.50. The van der Waals surface area contributed by atoms with Crippen LogP contribution in [0.2, 0.25) is 5.02 Å². The average Bonchev–Trinajstić information content (AvgIpc) is 2.77. The third-order valence-corrected chi connectivity index (χ3v) is 2.88. The normalized spacial score (nSPS) is 21.8. The monoisotopic (exact) mass is 232 g/mol. The first-order chi connectivity index (χ1) is 5.27. The van der Waals surface area contributed by atoms with Gasteiger partial charge in [-0.15, -0.1) is 0 Å². The molecular weight excluding hydrogens is 227 g/mol. The molecule has 2 rings (SSSR count). The quantitative estimate of drug-likeness (QED) is 0.679. The van der Waals surface area contributed by atoms with Crippen molar-refractivity contribution in [3.05, 3.63) is 33.3 Å². The van der Waals surface area contributed by atoms with Crippen LogP contribution in [0.4, 0.5) is 0 Å². The van der Waals surface area contributed by atoms with E-state index in [0.29, 0.717) is 6.10 Å². The number of ether oxygens (including phenoxy) is 1. The maximum absolute atomic E-state index is 5.88. The van der Waals surface area contributed by atoms with E-state index in [9.17, 15) is 0 Å². The van der Waals surface area contributed by atoms with Crippen LogP contribution in [0.5, 0.6) is 0 Å². The summed E-state index contributed by atoms with van der Waals surface area (Å²) >= 11 is 9.21. The largest absolute Gasteiger partial charge is 0.368 e. The first-order valence-electron chi connectivity index (χ1n) is 3.34. The topological polar surface area (TPSA) is 12.5 Å². The van der Waals surface area contributed by atoms with Gasteiger partial charge in [0.25, 0.3) is 0 Å². The van der Waals surface area contributed by atoms with Crippen LogP contribution >= 0.6 is 27.5 Å². The molecule has 0 aromatic heterocycles. The van der Waals surface area contributed by atoms with E-state index in [1.165, 1.54) is 5.56 Å². The lowest BCUT2D eigenvalue weighted by molar-refractivity contribution is 0.415. The Kier molecular flexibility index (Phi) is 1.91. The number of hydrogen-bond donors (Lipinski definition) is 0. The zero-order valence-electron chi connectivity index (χ0n) is 5.68. The zero-order chi connectivity index (χ0) is 7.84. The fourth-order valence-electron chi connectivity index (χ4n) is 0.953. The van der Waals surface area contributed by atoms with Crippen LogP contribution in [0, 0.1) is 0 Å². The van der Waals surface area contributed by atoms with Crippen LogP contribution in [0.1, 0.15) is 11.7 Å². The SMILES string of the molecule is Clc1cc(C2CO2)ccc1Br. The van der Waals surface area contributed by atoms with Crippen LogP contribution in [-0.2, 0) is 4.74 Å². The van der Waals surface area contributed by atoms with Gasteiger partial charge in [-0.05, 0) is 33.6 Å². The number of benzene rings is 1. The van der Waals surface area contributed by atoms with Crippen molar-refractivity contribution in [2.75, 3.05) is 6.61 Å². The Morgan fingerprint density at radius 1 is 1.55 bits per heavy atom. The highest BCUT2D eigenvalue weighted by Crippen LogP contribution is 2.33. The molecule has 0 radical (unpaired) electrons. The molecule has 0 amide bonds. The van der Waals surface area contributed by atoms with Gasteiger partial charge in [0.15, 0.2) is 0 Å². The van der Waals surface area contributed by atoms with Gasteiger partial charge in [-0.2, -0.15) is 0 Å². The lowest BCUT2D eigenvalue weighted by Gasteiger charge is -1.97. The van der Waals surface area contributed by atoms with Crippen LogP contribution in [0.3, 0.4) is 0 Å². The molecule has 1 aromatic carbocycles. The highest BCUT2D eigenvalue weighted by molar-refractivity contribution is 9.10. The van der Waals surface area contributed by atoms with Crippen LogP contribution in [0.25, 0.3) is 0 Å². The van der Waals surface area contributed by atoms with Gasteiger partial charge in [-0.1, -0.05) is 17.7 Å². The van der Waals surface area contributed by atoms with Gasteiger partial charge >= 0.3 is 0 Å². The van der Waals surface area contributed by atoms with Crippen molar-refractivity contribution >= 4 is 27.5 Å². The van der Waals surface area contributed by atoms with Gasteiger partial charge in [-0.3, -0.25) is 0 Å². The molecule has 1 atom stereocenters. The van der Waals surface area contributed by atoms with Crippen LogP contribution in [-0.4, -0.2) is 6.61 Å². The van der Waals surface area contributed by atoms with Gasteiger partial charge in [0.1, 0.15) is 6.10 Å². The molecule has 0 bridgehead atoms. The van der Waals surface area contributed by atoms with Crippen molar-refractivity contribution < 1.29 is 4.74 Å². The number of rotatable bonds is 1. The lowest BCUT2D eigenvalue weighted by Crippen LogP contribution is -1.79. The van der Waals surface area contributed by atoms with Crippen molar-refractivity contribution in [2.45, 2.75) is 6.10 Å². The molecule has 0 saturated carbocycles. The summed E-state index contributed by atoms with van der Waals surface area (Å²) in [7, 11) is 0. The standard InChI is InChI=1S/C8H6BrClO/c9-6-2-1-5(3-7(6)10)8-4-11-8/h1-3,8H,4H2. The minimum atomic E-state index is 0.292. The second-order valence-corrected chi connectivity index (χ2v) is 3.76. The van der Waals surface area contributed by atoms with Gasteiger partial charge in [0.2, 0.25) is 0 Å². The van der Waals surface area contributed by atoms with Crippen molar-refractivity contribution in [1.82, 2.24) is 0 Å². The van der Waals surface area contributed by atoms with Gasteiger partial charge in [-0.25, -0.2) is 0 Å². The smallest absolute Gasteiger partial charge is 0.106 e. The Morgan fingerprint density at radius 2 is 2.27 bits per heavy atom. The van der Waals surface area contributed by atoms with E-state index in [1.54, 1.807) is 0 Å². The van der Waals surface area contributed by atoms with E-state index in [2.05, 4.69) is 15.9 Å². The molecule has 0 N–H and O–H groups in total. The maximum atomic E-state index is 5.88. The summed E-state index contributed by atoms with van der Waals surface area (Å²) in [6.45, 7) is 0.831. The number of epoxide rings is 1. The van der Waals surface area contributed by atoms with Gasteiger partial charge in [0.05, 0.1) is 11.6 Å². The van der Waals surface area contributed by atoms with Crippen LogP contribution < -0.4 is 0 Å². The molecule has 1 fully saturated rings. The van der Waals surface area contributed by atoms with Crippen molar-refractivity contribution in [3.63, 3.8) is 0 Å². The summed E-state index contributed by atoms with van der Waals surface area (Å²) in [4.78, 5) is 0. The first kappa shape index (κ1) is 7.59. The molecule has 0 aliphatic carbocycles. The third kappa shape index (κ3) is 1.58. The second kappa shape index (κ2) is 2.77. The van der Waals surface area contributed by atoms with Crippen molar-refractivity contribution in [3.8, 4) is 0 Å². The summed E-state index contributed by atoms with van der Waals surface area (Å²) in [5.41, 5.74) is 1.17. The minimum absolute atomic E-state index is 0.292. The molecule has 1 saturated heterocycles. The molecule has 58 valence electrons.